The van der Waals surface area contributed by atoms with Gasteiger partial charge in [0.2, 0.25) is 5.69 Å². The Morgan fingerprint density at radius 3 is 2.52 bits per heavy atom. The number of aromatic nitrogens is 3. The fourth-order valence-electron chi connectivity index (χ4n) is 3.00. The molecule has 0 saturated carbocycles. The molecule has 1 N–H and O–H groups in total. The molecule has 0 fully saturated rings. The van der Waals surface area contributed by atoms with Crippen molar-refractivity contribution in [3.63, 3.8) is 0 Å². The Balaban J connectivity index is 2.17. The lowest BCUT2D eigenvalue weighted by Crippen LogP contribution is -2.47. The standard InChI is InChI=1S/C23H26N4O4/c1-5-16(3)24-21(28)20-22(29)26(14-17-7-6-8-19(13-17)31-4)23(30)27(25-20)18-11-9-15(2)10-12-18/h6-13,16H,5,14H2,1-4H3,(H,24,28). The molecule has 1 unspecified atom stereocenters. The highest BCUT2D eigenvalue weighted by atomic mass is 16.5. The topological polar surface area (TPSA) is 95.2 Å². The van der Waals surface area contributed by atoms with Crippen molar-refractivity contribution < 1.29 is 9.53 Å². The maximum absolute atomic E-state index is 13.2. The van der Waals surface area contributed by atoms with Crippen LogP contribution in [0.15, 0.2) is 58.1 Å². The van der Waals surface area contributed by atoms with Crippen LogP contribution in [0.2, 0.25) is 0 Å². The molecule has 3 aromatic rings. The van der Waals surface area contributed by atoms with Crippen LogP contribution in [0.3, 0.4) is 0 Å². The molecule has 162 valence electrons. The molecule has 1 heterocycles. The molecule has 0 bridgehead atoms. The lowest BCUT2D eigenvalue weighted by molar-refractivity contribution is 0.0929. The van der Waals surface area contributed by atoms with Crippen molar-refractivity contribution in [1.82, 2.24) is 19.7 Å². The van der Waals surface area contributed by atoms with Crippen LogP contribution in [0.1, 0.15) is 41.9 Å². The van der Waals surface area contributed by atoms with Crippen LogP contribution in [0.4, 0.5) is 0 Å². The predicted octanol–water partition coefficient (Wildman–Crippen LogP) is 2.29. The lowest BCUT2D eigenvalue weighted by Gasteiger charge is -2.14. The van der Waals surface area contributed by atoms with Gasteiger partial charge in [0, 0.05) is 6.04 Å². The molecular weight excluding hydrogens is 396 g/mol. The van der Waals surface area contributed by atoms with Gasteiger partial charge in [-0.2, -0.15) is 9.78 Å². The van der Waals surface area contributed by atoms with E-state index in [1.165, 1.54) is 0 Å². The van der Waals surface area contributed by atoms with Gasteiger partial charge in [-0.1, -0.05) is 36.8 Å². The Morgan fingerprint density at radius 2 is 1.87 bits per heavy atom. The van der Waals surface area contributed by atoms with Crippen LogP contribution < -0.4 is 21.3 Å². The van der Waals surface area contributed by atoms with Gasteiger partial charge in [-0.15, -0.1) is 0 Å². The normalized spacial score (nSPS) is 11.7. The summed E-state index contributed by atoms with van der Waals surface area (Å²) in [5, 5.41) is 6.88. The third-order valence-corrected chi connectivity index (χ3v) is 5.02. The zero-order valence-corrected chi connectivity index (χ0v) is 18.1. The van der Waals surface area contributed by atoms with Gasteiger partial charge in [-0.3, -0.25) is 14.2 Å². The van der Waals surface area contributed by atoms with Gasteiger partial charge in [-0.25, -0.2) is 4.79 Å². The Labute approximate surface area is 180 Å². The van der Waals surface area contributed by atoms with Gasteiger partial charge in [0.05, 0.1) is 19.3 Å². The number of amides is 1. The summed E-state index contributed by atoms with van der Waals surface area (Å²) < 4.78 is 7.34. The number of carbonyl (C=O) groups is 1. The van der Waals surface area contributed by atoms with Crippen LogP contribution in [0.5, 0.6) is 5.75 Å². The van der Waals surface area contributed by atoms with E-state index >= 15 is 0 Å². The summed E-state index contributed by atoms with van der Waals surface area (Å²) in [4.78, 5) is 39.0. The van der Waals surface area contributed by atoms with Crippen molar-refractivity contribution in [3.8, 4) is 11.4 Å². The first-order valence-electron chi connectivity index (χ1n) is 10.1. The number of methoxy groups -OCH3 is 1. The number of ether oxygens (including phenoxy) is 1. The average Bonchev–Trinajstić information content (AvgIpc) is 2.77. The number of hydrogen-bond donors (Lipinski definition) is 1. The SMILES string of the molecule is CCC(C)NC(=O)c1nn(-c2ccc(C)cc2)c(=O)n(Cc2cccc(OC)c2)c1=O. The van der Waals surface area contributed by atoms with Gasteiger partial charge >= 0.3 is 5.69 Å². The summed E-state index contributed by atoms with van der Waals surface area (Å²) in [5.74, 6) is -0.00666. The minimum Gasteiger partial charge on any atom is -0.497 e. The summed E-state index contributed by atoms with van der Waals surface area (Å²) in [5.41, 5.74) is 0.467. The number of hydrogen-bond acceptors (Lipinski definition) is 5. The molecule has 0 spiro atoms. The van der Waals surface area contributed by atoms with Gasteiger partial charge in [0.25, 0.3) is 11.5 Å². The van der Waals surface area contributed by atoms with E-state index < -0.39 is 17.2 Å². The Morgan fingerprint density at radius 1 is 1.16 bits per heavy atom. The van der Waals surface area contributed by atoms with Crippen molar-refractivity contribution in [3.05, 3.63) is 86.2 Å². The van der Waals surface area contributed by atoms with Crippen LogP contribution in [-0.2, 0) is 6.54 Å². The van der Waals surface area contributed by atoms with Crippen LogP contribution in [-0.4, -0.2) is 33.4 Å². The average molecular weight is 422 g/mol. The minimum atomic E-state index is -0.739. The van der Waals surface area contributed by atoms with Crippen LogP contribution >= 0.6 is 0 Å². The molecule has 0 radical (unpaired) electrons. The number of benzene rings is 2. The Bertz CT molecular complexity index is 1200. The molecule has 1 atom stereocenters. The second kappa shape index (κ2) is 9.42. The highest BCUT2D eigenvalue weighted by Crippen LogP contribution is 2.13. The van der Waals surface area contributed by atoms with E-state index in [0.29, 0.717) is 23.4 Å². The quantitative estimate of drug-likeness (QED) is 0.630. The zero-order chi connectivity index (χ0) is 22.5. The van der Waals surface area contributed by atoms with Gasteiger partial charge in [-0.05, 0) is 50.1 Å². The lowest BCUT2D eigenvalue weighted by atomic mass is 10.2. The van der Waals surface area contributed by atoms with E-state index in [2.05, 4.69) is 10.4 Å². The monoisotopic (exact) mass is 422 g/mol. The van der Waals surface area contributed by atoms with E-state index in [-0.39, 0.29) is 18.3 Å². The molecular formula is C23H26N4O4. The molecule has 8 nitrogen and oxygen atoms in total. The number of carbonyl (C=O) groups excluding carboxylic acids is 1. The molecule has 31 heavy (non-hydrogen) atoms. The second-order valence-corrected chi connectivity index (χ2v) is 7.40. The summed E-state index contributed by atoms with van der Waals surface area (Å²) in [6, 6.07) is 14.0. The Hall–Kier alpha value is -3.68. The van der Waals surface area contributed by atoms with E-state index in [9.17, 15) is 14.4 Å². The van der Waals surface area contributed by atoms with Gasteiger partial charge in [0.15, 0.2) is 0 Å². The number of nitrogens with one attached hydrogen (secondary N) is 1. The number of rotatable bonds is 7. The predicted molar refractivity (Wildman–Crippen MR) is 118 cm³/mol. The van der Waals surface area contributed by atoms with E-state index in [1.807, 2.05) is 32.9 Å². The van der Waals surface area contributed by atoms with Crippen molar-refractivity contribution >= 4 is 5.91 Å². The summed E-state index contributed by atoms with van der Waals surface area (Å²) in [7, 11) is 1.54. The van der Waals surface area contributed by atoms with E-state index in [0.717, 1.165) is 14.8 Å². The zero-order valence-electron chi connectivity index (χ0n) is 18.1. The Kier molecular flexibility index (Phi) is 6.69. The molecule has 3 rings (SSSR count). The van der Waals surface area contributed by atoms with Crippen LogP contribution in [0, 0.1) is 6.92 Å². The number of aryl methyl sites for hydroxylation is 1. The van der Waals surface area contributed by atoms with Gasteiger partial charge in [0.1, 0.15) is 5.75 Å². The largest absolute Gasteiger partial charge is 0.497 e. The molecule has 0 aliphatic carbocycles. The molecule has 0 aliphatic heterocycles. The second-order valence-electron chi connectivity index (χ2n) is 7.40. The smallest absolute Gasteiger partial charge is 0.352 e. The number of nitrogens with zero attached hydrogens (tertiary/aromatic N) is 3. The molecule has 0 aliphatic rings. The maximum atomic E-state index is 13.2. The molecule has 1 amide bonds. The summed E-state index contributed by atoms with van der Waals surface area (Å²) in [6.07, 6.45) is 0.696. The van der Waals surface area contributed by atoms with Crippen molar-refractivity contribution in [2.24, 2.45) is 0 Å². The summed E-state index contributed by atoms with van der Waals surface area (Å²) >= 11 is 0. The van der Waals surface area contributed by atoms with Crippen molar-refractivity contribution in [2.45, 2.75) is 39.8 Å². The first-order valence-corrected chi connectivity index (χ1v) is 10.1. The highest BCUT2D eigenvalue weighted by molar-refractivity contribution is 5.91. The molecule has 1 aromatic heterocycles. The maximum Gasteiger partial charge on any atom is 0.352 e. The first kappa shape index (κ1) is 22.0. The van der Waals surface area contributed by atoms with E-state index in [4.69, 9.17) is 4.74 Å². The fraction of sp³-hybridized carbons (Fsp3) is 0.304. The van der Waals surface area contributed by atoms with Crippen molar-refractivity contribution in [2.75, 3.05) is 7.11 Å². The third-order valence-electron chi connectivity index (χ3n) is 5.02. The molecule has 2 aromatic carbocycles. The van der Waals surface area contributed by atoms with Crippen molar-refractivity contribution in [1.29, 1.82) is 0 Å². The fourth-order valence-corrected chi connectivity index (χ4v) is 3.00. The molecule has 0 saturated heterocycles. The van der Waals surface area contributed by atoms with Gasteiger partial charge < -0.3 is 10.1 Å². The van der Waals surface area contributed by atoms with E-state index in [1.54, 1.807) is 43.5 Å². The third kappa shape index (κ3) is 4.91. The minimum absolute atomic E-state index is 0.0210. The van der Waals surface area contributed by atoms with Crippen LogP contribution in [0.25, 0.3) is 5.69 Å². The first-order chi connectivity index (χ1) is 14.8. The highest BCUT2D eigenvalue weighted by Gasteiger charge is 2.21. The molecule has 8 heteroatoms. The summed E-state index contributed by atoms with van der Waals surface area (Å²) in [6.45, 7) is 5.66.